The van der Waals surface area contributed by atoms with E-state index in [0.29, 0.717) is 5.69 Å². The number of carbonyl (C=O) groups is 1. The van der Waals surface area contributed by atoms with E-state index in [1.807, 2.05) is 25.1 Å². The SMILES string of the molecule is COC(=O)c1nc(-c2cccc([Si](C)(C)C)c2)cc(C)c1N. The fourth-order valence-electron chi connectivity index (χ4n) is 2.23. The highest BCUT2D eigenvalue weighted by molar-refractivity contribution is 6.88. The van der Waals surface area contributed by atoms with E-state index in [1.165, 1.54) is 12.3 Å². The molecule has 2 aromatic rings. The molecule has 0 amide bonds. The van der Waals surface area contributed by atoms with E-state index in [1.54, 1.807) is 0 Å². The number of rotatable bonds is 3. The number of carbonyl (C=O) groups excluding carboxylic acids is 1. The lowest BCUT2D eigenvalue weighted by atomic mass is 10.1. The Hall–Kier alpha value is -2.14. The molecule has 0 radical (unpaired) electrons. The van der Waals surface area contributed by atoms with Crippen LogP contribution in [-0.2, 0) is 4.74 Å². The highest BCUT2D eigenvalue weighted by Crippen LogP contribution is 2.24. The molecule has 2 rings (SSSR count). The summed E-state index contributed by atoms with van der Waals surface area (Å²) < 4.78 is 4.77. The second kappa shape index (κ2) is 5.92. The smallest absolute Gasteiger partial charge is 0.358 e. The van der Waals surface area contributed by atoms with Crippen LogP contribution < -0.4 is 10.9 Å². The van der Waals surface area contributed by atoms with Gasteiger partial charge in [-0.3, -0.25) is 0 Å². The van der Waals surface area contributed by atoms with Crippen molar-refractivity contribution >= 4 is 24.9 Å². The minimum atomic E-state index is -1.41. The fourth-order valence-corrected chi connectivity index (χ4v) is 3.41. The quantitative estimate of drug-likeness (QED) is 0.699. The van der Waals surface area contributed by atoms with Crippen LogP contribution in [-0.4, -0.2) is 26.1 Å². The van der Waals surface area contributed by atoms with Crippen LogP contribution in [0.2, 0.25) is 19.6 Å². The molecule has 0 fully saturated rings. The predicted octanol–water partition coefficient (Wildman–Crippen LogP) is 2.97. The monoisotopic (exact) mass is 314 g/mol. The maximum atomic E-state index is 11.8. The molecule has 5 heteroatoms. The van der Waals surface area contributed by atoms with Gasteiger partial charge in [-0.05, 0) is 18.6 Å². The van der Waals surface area contributed by atoms with Gasteiger partial charge in [0.25, 0.3) is 0 Å². The summed E-state index contributed by atoms with van der Waals surface area (Å²) in [6, 6.07) is 10.3. The van der Waals surface area contributed by atoms with Gasteiger partial charge >= 0.3 is 5.97 Å². The van der Waals surface area contributed by atoms with Gasteiger partial charge in [0.15, 0.2) is 5.69 Å². The van der Waals surface area contributed by atoms with Gasteiger partial charge in [0.2, 0.25) is 0 Å². The number of hydrogen-bond donors (Lipinski definition) is 1. The van der Waals surface area contributed by atoms with Crippen molar-refractivity contribution in [1.29, 1.82) is 0 Å². The molecule has 1 aromatic heterocycles. The van der Waals surface area contributed by atoms with Crippen molar-refractivity contribution in [2.45, 2.75) is 26.6 Å². The number of pyridine rings is 1. The van der Waals surface area contributed by atoms with Gasteiger partial charge in [0.05, 0.1) is 26.6 Å². The Labute approximate surface area is 132 Å². The summed E-state index contributed by atoms with van der Waals surface area (Å²) in [5.74, 6) is -0.510. The molecule has 0 spiro atoms. The van der Waals surface area contributed by atoms with E-state index in [-0.39, 0.29) is 5.69 Å². The number of aromatic nitrogens is 1. The molecule has 1 heterocycles. The van der Waals surface area contributed by atoms with Gasteiger partial charge in [-0.2, -0.15) is 0 Å². The van der Waals surface area contributed by atoms with Gasteiger partial charge in [-0.1, -0.05) is 49.1 Å². The lowest BCUT2D eigenvalue weighted by molar-refractivity contribution is 0.0595. The summed E-state index contributed by atoms with van der Waals surface area (Å²) in [4.78, 5) is 16.3. The zero-order chi connectivity index (χ0) is 16.5. The lowest BCUT2D eigenvalue weighted by Crippen LogP contribution is -2.37. The van der Waals surface area contributed by atoms with Crippen molar-refractivity contribution in [3.05, 3.63) is 41.6 Å². The van der Waals surface area contributed by atoms with E-state index in [0.717, 1.165) is 16.8 Å². The number of methoxy groups -OCH3 is 1. The van der Waals surface area contributed by atoms with Gasteiger partial charge in [-0.25, -0.2) is 9.78 Å². The largest absolute Gasteiger partial charge is 0.464 e. The summed E-state index contributed by atoms with van der Waals surface area (Å²) in [6.07, 6.45) is 0. The summed E-state index contributed by atoms with van der Waals surface area (Å²) in [7, 11) is -0.0779. The highest BCUT2D eigenvalue weighted by Gasteiger charge is 2.19. The molecule has 4 nitrogen and oxygen atoms in total. The van der Waals surface area contributed by atoms with Crippen molar-refractivity contribution < 1.29 is 9.53 Å². The molecule has 0 saturated carbocycles. The van der Waals surface area contributed by atoms with E-state index in [4.69, 9.17) is 10.5 Å². The van der Waals surface area contributed by atoms with Gasteiger partial charge < -0.3 is 10.5 Å². The van der Waals surface area contributed by atoms with Crippen molar-refractivity contribution in [2.75, 3.05) is 12.8 Å². The van der Waals surface area contributed by atoms with Crippen molar-refractivity contribution in [1.82, 2.24) is 4.98 Å². The highest BCUT2D eigenvalue weighted by atomic mass is 28.3. The molecular formula is C17H22N2O2Si. The minimum absolute atomic E-state index is 0.177. The third-order valence-corrected chi connectivity index (χ3v) is 5.71. The first-order valence-corrected chi connectivity index (χ1v) is 10.7. The first-order valence-electron chi connectivity index (χ1n) is 7.20. The van der Waals surface area contributed by atoms with E-state index in [9.17, 15) is 4.79 Å². The topological polar surface area (TPSA) is 65.2 Å². The molecule has 0 saturated heterocycles. The summed E-state index contributed by atoms with van der Waals surface area (Å²) in [5.41, 5.74) is 9.06. The Morgan fingerprint density at radius 2 is 1.91 bits per heavy atom. The fraction of sp³-hybridized carbons (Fsp3) is 0.294. The molecule has 1 aromatic carbocycles. The zero-order valence-corrected chi connectivity index (χ0v) is 14.7. The Morgan fingerprint density at radius 1 is 1.23 bits per heavy atom. The van der Waals surface area contributed by atoms with Crippen molar-refractivity contribution in [3.63, 3.8) is 0 Å². The van der Waals surface area contributed by atoms with Crippen molar-refractivity contribution in [3.8, 4) is 11.3 Å². The molecule has 116 valence electrons. The van der Waals surface area contributed by atoms with Crippen LogP contribution in [0.1, 0.15) is 16.1 Å². The molecule has 0 aliphatic heterocycles. The van der Waals surface area contributed by atoms with Crippen LogP contribution in [0.4, 0.5) is 5.69 Å². The summed E-state index contributed by atoms with van der Waals surface area (Å²) in [5, 5.41) is 1.35. The van der Waals surface area contributed by atoms with Crippen LogP contribution in [0, 0.1) is 6.92 Å². The van der Waals surface area contributed by atoms with E-state index >= 15 is 0 Å². The molecule has 0 atom stereocenters. The standard InChI is InChI=1S/C17H22N2O2Si/c1-11-9-14(19-16(15(11)18)17(20)21-2)12-7-6-8-13(10-12)22(3,4)5/h6-10H,18H2,1-5H3. The number of aryl methyl sites for hydroxylation is 1. The number of hydrogen-bond acceptors (Lipinski definition) is 4. The van der Waals surface area contributed by atoms with Gasteiger partial charge in [0.1, 0.15) is 0 Å². The first-order chi connectivity index (χ1) is 10.2. The summed E-state index contributed by atoms with van der Waals surface area (Å²) in [6.45, 7) is 8.77. The number of nitrogens with two attached hydrogens (primary N) is 1. The normalized spacial score (nSPS) is 11.3. The van der Waals surface area contributed by atoms with Crippen LogP contribution in [0.3, 0.4) is 0 Å². The molecule has 0 aliphatic rings. The number of ether oxygens (including phenoxy) is 1. The minimum Gasteiger partial charge on any atom is -0.464 e. The Bertz CT molecular complexity index is 721. The lowest BCUT2D eigenvalue weighted by Gasteiger charge is -2.18. The maximum Gasteiger partial charge on any atom is 0.358 e. The molecule has 0 aliphatic carbocycles. The number of nitrogen functional groups attached to an aromatic ring is 1. The first kappa shape index (κ1) is 16.2. The summed E-state index contributed by atoms with van der Waals surface area (Å²) >= 11 is 0. The Balaban J connectivity index is 2.59. The van der Waals surface area contributed by atoms with Gasteiger partial charge in [-0.15, -0.1) is 0 Å². The van der Waals surface area contributed by atoms with Crippen molar-refractivity contribution in [2.24, 2.45) is 0 Å². The van der Waals surface area contributed by atoms with Crippen LogP contribution in [0.5, 0.6) is 0 Å². The molecule has 2 N–H and O–H groups in total. The number of anilines is 1. The average Bonchev–Trinajstić information content (AvgIpc) is 2.48. The van der Waals surface area contributed by atoms with Crippen LogP contribution in [0.25, 0.3) is 11.3 Å². The Kier molecular flexibility index (Phi) is 4.37. The van der Waals surface area contributed by atoms with Crippen LogP contribution >= 0.6 is 0 Å². The Morgan fingerprint density at radius 3 is 2.50 bits per heavy atom. The molecule has 0 unspecified atom stereocenters. The van der Waals surface area contributed by atoms with Crippen LogP contribution in [0.15, 0.2) is 30.3 Å². The van der Waals surface area contributed by atoms with E-state index in [2.05, 4.69) is 36.8 Å². The maximum absolute atomic E-state index is 11.8. The van der Waals surface area contributed by atoms with E-state index < -0.39 is 14.0 Å². The second-order valence-corrected chi connectivity index (χ2v) is 11.5. The second-order valence-electron chi connectivity index (χ2n) is 6.41. The third-order valence-electron chi connectivity index (χ3n) is 3.67. The molecular weight excluding hydrogens is 292 g/mol. The number of esters is 1. The van der Waals surface area contributed by atoms with Gasteiger partial charge in [0, 0.05) is 5.56 Å². The zero-order valence-electron chi connectivity index (χ0n) is 13.7. The number of nitrogens with zero attached hydrogens (tertiary/aromatic N) is 1. The average molecular weight is 314 g/mol. The molecule has 0 bridgehead atoms. The third kappa shape index (κ3) is 3.19. The predicted molar refractivity (Wildman–Crippen MR) is 93.1 cm³/mol. The molecule has 22 heavy (non-hydrogen) atoms. The number of benzene rings is 1.